The molecule has 1 aromatic carbocycles. The lowest BCUT2D eigenvalue weighted by atomic mass is 10.1. The van der Waals surface area contributed by atoms with Crippen LogP contribution in [0.15, 0.2) is 18.2 Å². The number of ketones is 1. The zero-order valence-electron chi connectivity index (χ0n) is 13.5. The van der Waals surface area contributed by atoms with Crippen molar-refractivity contribution >= 4 is 17.7 Å². The van der Waals surface area contributed by atoms with Crippen LogP contribution in [-0.4, -0.2) is 29.9 Å². The normalized spacial score (nSPS) is 10.2. The maximum Gasteiger partial charge on any atom is 0.311 e. The average molecular weight is 322 g/mol. The van der Waals surface area contributed by atoms with E-state index in [0.29, 0.717) is 37.2 Å². The Balaban J connectivity index is 2.56. The highest BCUT2D eigenvalue weighted by molar-refractivity contribution is 5.76. The van der Waals surface area contributed by atoms with Gasteiger partial charge in [0.1, 0.15) is 5.78 Å². The van der Waals surface area contributed by atoms with Gasteiger partial charge >= 0.3 is 11.9 Å². The SMILES string of the molecule is COc1cc(CCC(C)=O)ccc1OC(=O)CCCCC(=O)O. The Bertz CT molecular complexity index is 564. The van der Waals surface area contributed by atoms with Gasteiger partial charge in [0.05, 0.1) is 7.11 Å². The number of unbranched alkanes of at least 4 members (excludes halogenated alkanes) is 1. The molecule has 0 amide bonds. The number of methoxy groups -OCH3 is 1. The summed E-state index contributed by atoms with van der Waals surface area (Å²) >= 11 is 0. The number of Topliss-reactive ketones (excluding diaryl/α,β-unsaturated/α-hetero) is 1. The lowest BCUT2D eigenvalue weighted by Gasteiger charge is -2.11. The number of aryl methyl sites for hydroxylation is 1. The summed E-state index contributed by atoms with van der Waals surface area (Å²) in [6.45, 7) is 1.54. The van der Waals surface area contributed by atoms with Crippen LogP contribution < -0.4 is 9.47 Å². The van der Waals surface area contributed by atoms with Crippen LogP contribution in [0, 0.1) is 0 Å². The molecule has 0 aliphatic carbocycles. The number of carbonyl (C=O) groups is 3. The van der Waals surface area contributed by atoms with Crippen molar-refractivity contribution in [2.45, 2.75) is 45.4 Å². The van der Waals surface area contributed by atoms with Crippen molar-refractivity contribution in [3.63, 3.8) is 0 Å². The van der Waals surface area contributed by atoms with Crippen LogP contribution in [0.4, 0.5) is 0 Å². The molecule has 0 bridgehead atoms. The van der Waals surface area contributed by atoms with Crippen molar-refractivity contribution in [3.8, 4) is 11.5 Å². The second kappa shape index (κ2) is 9.61. The van der Waals surface area contributed by atoms with Gasteiger partial charge in [-0.1, -0.05) is 6.07 Å². The van der Waals surface area contributed by atoms with Crippen molar-refractivity contribution < 1.29 is 29.0 Å². The van der Waals surface area contributed by atoms with Gasteiger partial charge in [-0.15, -0.1) is 0 Å². The fraction of sp³-hybridized carbons (Fsp3) is 0.471. The van der Waals surface area contributed by atoms with E-state index >= 15 is 0 Å². The fourth-order valence-corrected chi connectivity index (χ4v) is 1.99. The fourth-order valence-electron chi connectivity index (χ4n) is 1.99. The molecule has 0 saturated carbocycles. The molecule has 6 heteroatoms. The number of hydrogen-bond donors (Lipinski definition) is 1. The zero-order chi connectivity index (χ0) is 17.2. The van der Waals surface area contributed by atoms with Crippen LogP contribution in [0.2, 0.25) is 0 Å². The van der Waals surface area contributed by atoms with Gasteiger partial charge in [-0.05, 0) is 43.9 Å². The van der Waals surface area contributed by atoms with Gasteiger partial charge in [0, 0.05) is 19.3 Å². The van der Waals surface area contributed by atoms with E-state index in [2.05, 4.69) is 0 Å². The first-order chi connectivity index (χ1) is 10.9. The Kier molecular flexibility index (Phi) is 7.80. The van der Waals surface area contributed by atoms with Crippen molar-refractivity contribution in [1.29, 1.82) is 0 Å². The molecule has 0 unspecified atom stereocenters. The molecular formula is C17H22O6. The van der Waals surface area contributed by atoms with E-state index in [0.717, 1.165) is 5.56 Å². The van der Waals surface area contributed by atoms with E-state index < -0.39 is 11.9 Å². The molecule has 0 atom stereocenters. The highest BCUT2D eigenvalue weighted by atomic mass is 16.6. The molecular weight excluding hydrogens is 300 g/mol. The van der Waals surface area contributed by atoms with Crippen molar-refractivity contribution in [1.82, 2.24) is 0 Å². The summed E-state index contributed by atoms with van der Waals surface area (Å²) in [6.07, 6.45) is 2.15. The predicted octanol–water partition coefficient (Wildman–Crippen LogP) is 2.77. The Morgan fingerprint density at radius 3 is 2.35 bits per heavy atom. The lowest BCUT2D eigenvalue weighted by molar-refractivity contribution is -0.138. The van der Waals surface area contributed by atoms with Crippen LogP contribution in [0.1, 0.15) is 44.6 Å². The van der Waals surface area contributed by atoms with Gasteiger partial charge in [0.2, 0.25) is 0 Å². The third-order valence-electron chi connectivity index (χ3n) is 3.24. The number of ether oxygens (including phenoxy) is 2. The minimum absolute atomic E-state index is 0.0431. The number of carboxylic acids is 1. The molecule has 1 N–H and O–H groups in total. The summed E-state index contributed by atoms with van der Waals surface area (Å²) in [5.74, 6) is -0.431. The summed E-state index contributed by atoms with van der Waals surface area (Å²) in [4.78, 5) is 33.2. The van der Waals surface area contributed by atoms with Crippen LogP contribution in [-0.2, 0) is 20.8 Å². The van der Waals surface area contributed by atoms with Gasteiger partial charge in [-0.3, -0.25) is 9.59 Å². The van der Waals surface area contributed by atoms with Gasteiger partial charge in [0.15, 0.2) is 11.5 Å². The minimum atomic E-state index is -0.874. The quantitative estimate of drug-likeness (QED) is 0.405. The van der Waals surface area contributed by atoms with E-state index in [1.54, 1.807) is 18.2 Å². The second-order valence-corrected chi connectivity index (χ2v) is 5.26. The first kappa shape index (κ1) is 18.7. The molecule has 1 rings (SSSR count). The number of hydrogen-bond acceptors (Lipinski definition) is 5. The van der Waals surface area contributed by atoms with Gasteiger partial charge < -0.3 is 19.4 Å². The van der Waals surface area contributed by atoms with Gasteiger partial charge in [0.25, 0.3) is 0 Å². The molecule has 0 spiro atoms. The third kappa shape index (κ3) is 7.44. The standard InChI is InChI=1S/C17H22O6/c1-12(18)7-8-13-9-10-14(15(11-13)22-2)23-17(21)6-4-3-5-16(19)20/h9-11H,3-8H2,1-2H3,(H,19,20). The first-order valence-electron chi connectivity index (χ1n) is 7.51. The van der Waals surface area contributed by atoms with Gasteiger partial charge in [-0.25, -0.2) is 0 Å². The maximum atomic E-state index is 11.8. The van der Waals surface area contributed by atoms with Crippen LogP contribution in [0.5, 0.6) is 11.5 Å². The van der Waals surface area contributed by atoms with E-state index in [-0.39, 0.29) is 18.6 Å². The molecule has 6 nitrogen and oxygen atoms in total. The molecule has 0 fully saturated rings. The minimum Gasteiger partial charge on any atom is -0.493 e. The van der Waals surface area contributed by atoms with E-state index in [4.69, 9.17) is 14.6 Å². The van der Waals surface area contributed by atoms with Crippen LogP contribution in [0.25, 0.3) is 0 Å². The molecule has 126 valence electrons. The summed E-state index contributed by atoms with van der Waals surface area (Å²) < 4.78 is 10.5. The predicted molar refractivity (Wildman–Crippen MR) is 83.7 cm³/mol. The Morgan fingerprint density at radius 2 is 1.74 bits per heavy atom. The molecule has 0 heterocycles. The molecule has 0 aliphatic rings. The number of benzene rings is 1. The Morgan fingerprint density at radius 1 is 1.04 bits per heavy atom. The molecule has 23 heavy (non-hydrogen) atoms. The zero-order valence-corrected chi connectivity index (χ0v) is 13.5. The van der Waals surface area contributed by atoms with E-state index in [1.165, 1.54) is 14.0 Å². The largest absolute Gasteiger partial charge is 0.493 e. The number of carboxylic acid groups (broad SMARTS) is 1. The maximum absolute atomic E-state index is 11.8. The van der Waals surface area contributed by atoms with E-state index in [9.17, 15) is 14.4 Å². The molecule has 0 saturated heterocycles. The van der Waals surface area contributed by atoms with Gasteiger partial charge in [-0.2, -0.15) is 0 Å². The third-order valence-corrected chi connectivity index (χ3v) is 3.24. The second-order valence-electron chi connectivity index (χ2n) is 5.26. The average Bonchev–Trinajstić information content (AvgIpc) is 2.50. The molecule has 0 aromatic heterocycles. The van der Waals surface area contributed by atoms with E-state index in [1.807, 2.05) is 0 Å². The summed E-state index contributed by atoms with van der Waals surface area (Å²) in [5, 5.41) is 8.53. The van der Waals surface area contributed by atoms with Crippen molar-refractivity contribution in [2.75, 3.05) is 7.11 Å². The smallest absolute Gasteiger partial charge is 0.311 e. The molecule has 1 aromatic rings. The summed E-state index contributed by atoms with van der Waals surface area (Å²) in [5.41, 5.74) is 0.929. The Hall–Kier alpha value is -2.37. The highest BCUT2D eigenvalue weighted by Crippen LogP contribution is 2.29. The number of esters is 1. The first-order valence-corrected chi connectivity index (χ1v) is 7.51. The summed E-state index contributed by atoms with van der Waals surface area (Å²) in [6, 6.07) is 5.18. The van der Waals surface area contributed by atoms with Crippen molar-refractivity contribution in [2.24, 2.45) is 0 Å². The van der Waals surface area contributed by atoms with Crippen molar-refractivity contribution in [3.05, 3.63) is 23.8 Å². The van der Waals surface area contributed by atoms with Crippen LogP contribution >= 0.6 is 0 Å². The topological polar surface area (TPSA) is 89.9 Å². The summed E-state index contributed by atoms with van der Waals surface area (Å²) in [7, 11) is 1.48. The number of rotatable bonds is 10. The monoisotopic (exact) mass is 322 g/mol. The highest BCUT2D eigenvalue weighted by Gasteiger charge is 2.11. The van der Waals surface area contributed by atoms with Crippen LogP contribution in [0.3, 0.4) is 0 Å². The number of carbonyl (C=O) groups excluding carboxylic acids is 2. The molecule has 0 aliphatic heterocycles. The number of aliphatic carboxylic acids is 1. The molecule has 0 radical (unpaired) electrons. The Labute approximate surface area is 135 Å². The lowest BCUT2D eigenvalue weighted by Crippen LogP contribution is -2.09.